The molecule has 0 bridgehead atoms. The van der Waals surface area contributed by atoms with Crippen LogP contribution in [0.2, 0.25) is 0 Å². The SMILES string of the molecule is c1cnc2c(c1)-c1c3sc4ncccc4n3c[n+]1C2. The molecule has 0 aliphatic carbocycles. The monoisotopic (exact) mass is 265 g/mol. The summed E-state index contributed by atoms with van der Waals surface area (Å²) in [5.74, 6) is 0. The molecular formula is C14H9N4S+. The Bertz CT molecular complexity index is 951. The minimum atomic E-state index is 0.863. The van der Waals surface area contributed by atoms with E-state index in [0.717, 1.165) is 17.1 Å². The molecule has 0 atom stereocenters. The summed E-state index contributed by atoms with van der Waals surface area (Å²) >= 11 is 1.74. The fraction of sp³-hybridized carbons (Fsp3) is 0.0714. The largest absolute Gasteiger partial charge is 0.256 e. The summed E-state index contributed by atoms with van der Waals surface area (Å²) in [5.41, 5.74) is 4.85. The summed E-state index contributed by atoms with van der Waals surface area (Å²) in [6.45, 7) is 0.863. The van der Waals surface area contributed by atoms with Crippen molar-refractivity contribution in [2.75, 3.05) is 0 Å². The van der Waals surface area contributed by atoms with Gasteiger partial charge in [0.05, 0.1) is 11.3 Å². The number of hydrogen-bond acceptors (Lipinski definition) is 3. The number of thiazole rings is 1. The minimum Gasteiger partial charge on any atom is -0.256 e. The van der Waals surface area contributed by atoms with Crippen LogP contribution in [0.25, 0.3) is 26.4 Å². The van der Waals surface area contributed by atoms with Crippen molar-refractivity contribution >= 4 is 26.5 Å². The predicted octanol–water partition coefficient (Wildman–Crippen LogP) is 2.26. The Morgan fingerprint density at radius 2 is 2.05 bits per heavy atom. The highest BCUT2D eigenvalue weighted by atomic mass is 32.1. The molecule has 4 nitrogen and oxygen atoms in total. The summed E-state index contributed by atoms with van der Waals surface area (Å²) in [6, 6.07) is 8.26. The summed E-state index contributed by atoms with van der Waals surface area (Å²) in [6.07, 6.45) is 5.87. The average molecular weight is 265 g/mol. The maximum atomic E-state index is 4.47. The van der Waals surface area contributed by atoms with E-state index in [9.17, 15) is 0 Å². The molecule has 0 aromatic carbocycles. The smallest absolute Gasteiger partial charge is 0.251 e. The van der Waals surface area contributed by atoms with E-state index in [1.807, 2.05) is 24.5 Å². The highest BCUT2D eigenvalue weighted by Gasteiger charge is 2.31. The van der Waals surface area contributed by atoms with Crippen molar-refractivity contribution in [3.8, 4) is 11.3 Å². The van der Waals surface area contributed by atoms with E-state index in [1.54, 1.807) is 11.3 Å². The van der Waals surface area contributed by atoms with Crippen molar-refractivity contribution in [2.24, 2.45) is 0 Å². The van der Waals surface area contributed by atoms with Crippen LogP contribution in [0.1, 0.15) is 5.69 Å². The van der Waals surface area contributed by atoms with Crippen molar-refractivity contribution < 1.29 is 4.57 Å². The maximum absolute atomic E-state index is 4.47. The number of pyridine rings is 2. The molecule has 0 fully saturated rings. The van der Waals surface area contributed by atoms with Gasteiger partial charge in [-0.25, -0.2) is 9.55 Å². The van der Waals surface area contributed by atoms with Gasteiger partial charge in [-0.2, -0.15) is 4.40 Å². The number of hydrogen-bond donors (Lipinski definition) is 0. The van der Waals surface area contributed by atoms with Gasteiger partial charge in [0.15, 0.2) is 16.0 Å². The van der Waals surface area contributed by atoms with Crippen molar-refractivity contribution in [3.05, 3.63) is 48.7 Å². The van der Waals surface area contributed by atoms with Crippen LogP contribution in [0, 0.1) is 0 Å². The number of rotatable bonds is 0. The fourth-order valence-corrected chi connectivity index (χ4v) is 3.96. The van der Waals surface area contributed by atoms with Gasteiger partial charge in [0, 0.05) is 12.4 Å². The molecule has 5 heteroatoms. The van der Waals surface area contributed by atoms with Crippen molar-refractivity contribution in [1.29, 1.82) is 0 Å². The molecular weight excluding hydrogens is 256 g/mol. The van der Waals surface area contributed by atoms with Crippen LogP contribution in [0.4, 0.5) is 0 Å². The first-order valence-corrected chi connectivity index (χ1v) is 6.96. The van der Waals surface area contributed by atoms with Gasteiger partial charge in [-0.05, 0) is 24.3 Å². The number of fused-ring (bicyclic) bond motifs is 7. The first-order valence-electron chi connectivity index (χ1n) is 6.14. The third kappa shape index (κ3) is 1.11. The van der Waals surface area contributed by atoms with Gasteiger partial charge >= 0.3 is 0 Å². The number of aromatic nitrogens is 4. The Balaban J connectivity index is 1.97. The van der Waals surface area contributed by atoms with E-state index >= 15 is 0 Å². The van der Waals surface area contributed by atoms with E-state index in [2.05, 4.69) is 37.4 Å². The molecule has 5 heterocycles. The Morgan fingerprint density at radius 3 is 3.05 bits per heavy atom. The van der Waals surface area contributed by atoms with Gasteiger partial charge in [0.2, 0.25) is 4.83 Å². The Morgan fingerprint density at radius 1 is 1.16 bits per heavy atom. The third-order valence-electron chi connectivity index (χ3n) is 3.63. The summed E-state index contributed by atoms with van der Waals surface area (Å²) < 4.78 is 4.51. The van der Waals surface area contributed by atoms with E-state index < -0.39 is 0 Å². The average Bonchev–Trinajstić information content (AvgIpc) is 3.05. The summed E-state index contributed by atoms with van der Waals surface area (Å²) in [7, 11) is 0. The van der Waals surface area contributed by atoms with E-state index in [-0.39, 0.29) is 0 Å². The molecule has 4 aromatic heterocycles. The highest BCUT2D eigenvalue weighted by Crippen LogP contribution is 2.35. The van der Waals surface area contributed by atoms with E-state index in [0.29, 0.717) is 0 Å². The summed E-state index contributed by atoms with van der Waals surface area (Å²) in [5, 5.41) is 0. The lowest BCUT2D eigenvalue weighted by Crippen LogP contribution is -2.29. The van der Waals surface area contributed by atoms with Gasteiger partial charge in [-0.3, -0.25) is 4.98 Å². The standard InChI is InChI=1S/C14H9N4S/c1-3-9-10(15-5-1)7-17-8-18-11-4-2-6-16-13(11)19-14(18)12(9)17/h1-6,8H,7H2/q+1. The molecule has 0 saturated heterocycles. The van der Waals surface area contributed by atoms with Crippen LogP contribution in [-0.4, -0.2) is 14.4 Å². The molecule has 5 rings (SSSR count). The van der Waals surface area contributed by atoms with Crippen LogP contribution in [0.5, 0.6) is 0 Å². The molecule has 1 aliphatic rings. The number of nitrogens with zero attached hydrogens (tertiary/aromatic N) is 4. The van der Waals surface area contributed by atoms with Crippen molar-refractivity contribution in [3.63, 3.8) is 0 Å². The third-order valence-corrected chi connectivity index (χ3v) is 4.72. The van der Waals surface area contributed by atoms with Crippen LogP contribution in [0.15, 0.2) is 43.0 Å². The zero-order valence-corrected chi connectivity index (χ0v) is 10.8. The zero-order valence-electron chi connectivity index (χ0n) is 9.95. The zero-order chi connectivity index (χ0) is 12.4. The predicted molar refractivity (Wildman–Crippen MR) is 73.1 cm³/mol. The minimum absolute atomic E-state index is 0.863. The van der Waals surface area contributed by atoms with Crippen molar-refractivity contribution in [1.82, 2.24) is 14.4 Å². The van der Waals surface area contributed by atoms with Crippen LogP contribution in [0.3, 0.4) is 0 Å². The van der Waals surface area contributed by atoms with Gasteiger partial charge in [-0.1, -0.05) is 11.3 Å². The lowest BCUT2D eigenvalue weighted by molar-refractivity contribution is -0.671. The molecule has 90 valence electrons. The van der Waals surface area contributed by atoms with Crippen LogP contribution >= 0.6 is 11.3 Å². The Labute approximate surface area is 112 Å². The normalized spacial score (nSPS) is 13.1. The molecule has 0 unspecified atom stereocenters. The maximum Gasteiger partial charge on any atom is 0.251 e. The molecule has 0 radical (unpaired) electrons. The lowest BCUT2D eigenvalue weighted by Gasteiger charge is -1.91. The molecule has 1 aliphatic heterocycles. The van der Waals surface area contributed by atoms with Gasteiger partial charge in [0.25, 0.3) is 6.33 Å². The first kappa shape index (κ1) is 9.63. The van der Waals surface area contributed by atoms with Crippen LogP contribution in [-0.2, 0) is 6.54 Å². The summed E-state index contributed by atoms with van der Waals surface area (Å²) in [4.78, 5) is 11.2. The van der Waals surface area contributed by atoms with Gasteiger partial charge < -0.3 is 0 Å². The quantitative estimate of drug-likeness (QED) is 0.402. The number of imidazole rings is 1. The fourth-order valence-electron chi connectivity index (χ4n) is 2.82. The van der Waals surface area contributed by atoms with E-state index in [1.165, 1.54) is 21.6 Å². The second-order valence-electron chi connectivity index (χ2n) is 4.69. The first-order chi connectivity index (χ1) is 9.42. The van der Waals surface area contributed by atoms with Crippen LogP contribution < -0.4 is 4.57 Å². The second kappa shape index (κ2) is 3.19. The Kier molecular flexibility index (Phi) is 1.62. The molecule has 4 aromatic rings. The molecule has 0 amide bonds. The van der Waals surface area contributed by atoms with Crippen molar-refractivity contribution in [2.45, 2.75) is 6.54 Å². The van der Waals surface area contributed by atoms with E-state index in [4.69, 9.17) is 0 Å². The lowest BCUT2D eigenvalue weighted by atomic mass is 10.2. The molecule has 19 heavy (non-hydrogen) atoms. The van der Waals surface area contributed by atoms with Gasteiger partial charge in [0.1, 0.15) is 6.54 Å². The topological polar surface area (TPSA) is 34.1 Å². The molecule has 0 N–H and O–H groups in total. The van der Waals surface area contributed by atoms with Gasteiger partial charge in [-0.15, -0.1) is 0 Å². The second-order valence-corrected chi connectivity index (χ2v) is 5.67. The highest BCUT2D eigenvalue weighted by molar-refractivity contribution is 7.24. The molecule has 0 saturated carbocycles. The molecule has 0 spiro atoms. The Hall–Kier alpha value is -2.27.